The Bertz CT molecular complexity index is 1880. The van der Waals surface area contributed by atoms with Gasteiger partial charge in [-0.2, -0.15) is 0 Å². The number of amides is 1. The number of nitro benzene ring substituents is 1. The molecule has 40 heavy (non-hydrogen) atoms. The van der Waals surface area contributed by atoms with E-state index in [0.29, 0.717) is 27.5 Å². The lowest BCUT2D eigenvalue weighted by Crippen LogP contribution is -2.40. The van der Waals surface area contributed by atoms with Crippen molar-refractivity contribution in [3.63, 3.8) is 0 Å². The molecule has 0 bridgehead atoms. The van der Waals surface area contributed by atoms with Gasteiger partial charge in [0.25, 0.3) is 17.2 Å². The van der Waals surface area contributed by atoms with E-state index < -0.39 is 22.4 Å². The molecule has 2 heterocycles. The van der Waals surface area contributed by atoms with Crippen molar-refractivity contribution in [2.24, 2.45) is 4.99 Å². The molecule has 10 nitrogen and oxygen atoms in total. The number of aromatic nitrogens is 1. The summed E-state index contributed by atoms with van der Waals surface area (Å²) in [6.07, 6.45) is 1.38. The van der Waals surface area contributed by atoms with Crippen LogP contribution in [0, 0.1) is 10.1 Å². The van der Waals surface area contributed by atoms with E-state index in [1.165, 1.54) is 29.9 Å². The number of benzene rings is 3. The number of allylic oxidation sites excluding steroid dienone is 1. The number of nitrogens with zero attached hydrogens (tertiary/aromatic N) is 3. The average molecular weight is 621 g/mol. The number of nitro groups is 1. The first-order chi connectivity index (χ1) is 19.2. The molecule has 0 aliphatic carbocycles. The molecule has 5 rings (SSSR count). The van der Waals surface area contributed by atoms with Gasteiger partial charge < -0.3 is 15.2 Å². The quantitative estimate of drug-likeness (QED) is 0.244. The predicted octanol–water partition coefficient (Wildman–Crippen LogP) is 4.26. The van der Waals surface area contributed by atoms with Crippen LogP contribution in [0.5, 0.6) is 11.5 Å². The SMILES string of the molecule is COc1cccc([C@H]2C(C(=O)Nc3ccccc3)=C(C)N=c3s/c(=C\c4cc([N+](=O)[O-])cc(Br)c4O)c(=O)n32)c1. The summed E-state index contributed by atoms with van der Waals surface area (Å²) in [5, 5.41) is 24.8. The summed E-state index contributed by atoms with van der Waals surface area (Å²) in [5.41, 5.74) is 1.26. The van der Waals surface area contributed by atoms with Crippen LogP contribution in [0.25, 0.3) is 6.08 Å². The van der Waals surface area contributed by atoms with Crippen molar-refractivity contribution < 1.29 is 19.6 Å². The number of methoxy groups -OCH3 is 1. The number of para-hydroxylation sites is 1. The first-order valence-corrected chi connectivity index (χ1v) is 13.5. The van der Waals surface area contributed by atoms with E-state index in [-0.39, 0.29) is 31.6 Å². The number of nitrogens with one attached hydrogen (secondary N) is 1. The van der Waals surface area contributed by atoms with Gasteiger partial charge in [0, 0.05) is 23.4 Å². The standard InChI is InChI=1S/C28H21BrN4O6S/c1-15-23(26(35)31-18-8-4-3-5-9-18)24(16-7-6-10-20(12-16)39-2)32-27(36)22(40-28(32)30-15)13-17-11-19(33(37)38)14-21(29)25(17)34/h3-14,24,34H,1-2H3,(H,31,35)/b22-13-/t24-/m0/s1. The van der Waals surface area contributed by atoms with Gasteiger partial charge in [0.1, 0.15) is 11.5 Å². The van der Waals surface area contributed by atoms with Gasteiger partial charge in [0.05, 0.1) is 38.4 Å². The van der Waals surface area contributed by atoms with Crippen molar-refractivity contribution >= 4 is 50.6 Å². The molecule has 1 amide bonds. The topological polar surface area (TPSA) is 136 Å². The number of carbonyl (C=O) groups excluding carboxylic acids is 1. The number of non-ortho nitro benzene ring substituents is 1. The predicted molar refractivity (Wildman–Crippen MR) is 154 cm³/mol. The van der Waals surface area contributed by atoms with Crippen LogP contribution in [0.3, 0.4) is 0 Å². The van der Waals surface area contributed by atoms with Gasteiger partial charge in [-0.05, 0) is 58.8 Å². The Morgan fingerprint density at radius 1 is 1.20 bits per heavy atom. The third-order valence-electron chi connectivity index (χ3n) is 6.28. The fourth-order valence-electron chi connectivity index (χ4n) is 4.42. The van der Waals surface area contributed by atoms with Crippen molar-refractivity contribution in [3.05, 3.63) is 123 Å². The fraction of sp³-hybridized carbons (Fsp3) is 0.107. The minimum atomic E-state index is -0.845. The molecule has 1 atom stereocenters. The highest BCUT2D eigenvalue weighted by Crippen LogP contribution is 2.34. The number of aromatic hydroxyl groups is 1. The summed E-state index contributed by atoms with van der Waals surface area (Å²) in [5.74, 6) is -0.127. The van der Waals surface area contributed by atoms with Crippen LogP contribution < -0.4 is 24.9 Å². The van der Waals surface area contributed by atoms with Gasteiger partial charge in [-0.15, -0.1) is 0 Å². The third-order valence-corrected chi connectivity index (χ3v) is 7.87. The lowest BCUT2D eigenvalue weighted by atomic mass is 9.95. The van der Waals surface area contributed by atoms with E-state index >= 15 is 0 Å². The molecule has 1 aliphatic rings. The Morgan fingerprint density at radius 3 is 2.65 bits per heavy atom. The number of phenolic OH excluding ortho intramolecular Hbond substituents is 1. The highest BCUT2D eigenvalue weighted by Gasteiger charge is 2.33. The van der Waals surface area contributed by atoms with Crippen LogP contribution in [0.4, 0.5) is 11.4 Å². The van der Waals surface area contributed by atoms with Gasteiger partial charge >= 0.3 is 0 Å². The number of carbonyl (C=O) groups is 1. The van der Waals surface area contributed by atoms with E-state index in [4.69, 9.17) is 4.74 Å². The van der Waals surface area contributed by atoms with Gasteiger partial charge in [-0.3, -0.25) is 24.3 Å². The van der Waals surface area contributed by atoms with Crippen molar-refractivity contribution in [2.75, 3.05) is 12.4 Å². The smallest absolute Gasteiger partial charge is 0.271 e. The molecule has 2 N–H and O–H groups in total. The van der Waals surface area contributed by atoms with Crippen LogP contribution in [-0.4, -0.2) is 27.6 Å². The van der Waals surface area contributed by atoms with Crippen LogP contribution in [0.15, 0.2) is 92.3 Å². The molecule has 0 saturated carbocycles. The number of hydrogen-bond donors (Lipinski definition) is 2. The number of ether oxygens (including phenoxy) is 1. The van der Waals surface area contributed by atoms with Gasteiger partial charge in [-0.1, -0.05) is 41.7 Å². The molecule has 1 aliphatic heterocycles. The van der Waals surface area contributed by atoms with Crippen molar-refractivity contribution in [2.45, 2.75) is 13.0 Å². The number of thiazole rings is 1. The van der Waals surface area contributed by atoms with E-state index in [2.05, 4.69) is 26.2 Å². The lowest BCUT2D eigenvalue weighted by molar-refractivity contribution is -0.385. The largest absolute Gasteiger partial charge is 0.506 e. The van der Waals surface area contributed by atoms with Crippen LogP contribution >= 0.6 is 27.3 Å². The number of rotatable bonds is 6. The van der Waals surface area contributed by atoms with E-state index in [0.717, 1.165) is 11.3 Å². The molecular formula is C28H21BrN4O6S. The molecule has 0 radical (unpaired) electrons. The minimum Gasteiger partial charge on any atom is -0.506 e. The highest BCUT2D eigenvalue weighted by molar-refractivity contribution is 9.10. The van der Waals surface area contributed by atoms with E-state index in [1.807, 2.05) is 6.07 Å². The Hall–Kier alpha value is -4.55. The maximum atomic E-state index is 13.9. The minimum absolute atomic E-state index is 0.0852. The number of fused-ring (bicyclic) bond motifs is 1. The summed E-state index contributed by atoms with van der Waals surface area (Å²) in [6.45, 7) is 1.70. The molecule has 0 spiro atoms. The molecule has 0 saturated heterocycles. The monoisotopic (exact) mass is 620 g/mol. The summed E-state index contributed by atoms with van der Waals surface area (Å²) in [7, 11) is 1.53. The van der Waals surface area contributed by atoms with Crippen LogP contribution in [0.1, 0.15) is 24.1 Å². The zero-order chi connectivity index (χ0) is 28.6. The zero-order valence-corrected chi connectivity index (χ0v) is 23.5. The average Bonchev–Trinajstić information content (AvgIpc) is 3.24. The molecule has 1 aromatic heterocycles. The molecule has 3 aromatic carbocycles. The molecular weight excluding hydrogens is 600 g/mol. The summed E-state index contributed by atoms with van der Waals surface area (Å²) >= 11 is 4.18. The number of anilines is 1. The van der Waals surface area contributed by atoms with Crippen molar-refractivity contribution in [1.29, 1.82) is 0 Å². The van der Waals surface area contributed by atoms with Gasteiger partial charge in [-0.25, -0.2) is 4.99 Å². The van der Waals surface area contributed by atoms with Gasteiger partial charge in [0.2, 0.25) is 0 Å². The van der Waals surface area contributed by atoms with Crippen molar-refractivity contribution in [3.8, 4) is 11.5 Å². The summed E-state index contributed by atoms with van der Waals surface area (Å²) in [6, 6.07) is 17.5. The van der Waals surface area contributed by atoms with Crippen LogP contribution in [0.2, 0.25) is 0 Å². The normalized spacial score (nSPS) is 14.9. The second-order valence-electron chi connectivity index (χ2n) is 8.80. The van der Waals surface area contributed by atoms with E-state index in [9.17, 15) is 24.8 Å². The Morgan fingerprint density at radius 2 is 1.95 bits per heavy atom. The van der Waals surface area contributed by atoms with Crippen molar-refractivity contribution in [1.82, 2.24) is 4.57 Å². The maximum absolute atomic E-state index is 13.9. The molecule has 202 valence electrons. The number of phenols is 1. The Kier molecular flexibility index (Phi) is 7.37. The number of halogens is 1. The fourth-order valence-corrected chi connectivity index (χ4v) is 5.92. The maximum Gasteiger partial charge on any atom is 0.271 e. The highest BCUT2D eigenvalue weighted by atomic mass is 79.9. The lowest BCUT2D eigenvalue weighted by Gasteiger charge is -2.25. The van der Waals surface area contributed by atoms with Gasteiger partial charge in [0.15, 0.2) is 4.80 Å². The zero-order valence-electron chi connectivity index (χ0n) is 21.1. The summed E-state index contributed by atoms with van der Waals surface area (Å²) < 4.78 is 7.11. The molecule has 12 heteroatoms. The Balaban J connectivity index is 1.71. The molecule has 4 aromatic rings. The Labute approximate surface area is 239 Å². The second-order valence-corrected chi connectivity index (χ2v) is 10.7. The van der Waals surface area contributed by atoms with E-state index in [1.54, 1.807) is 55.5 Å². The molecule has 0 fully saturated rings. The molecule has 0 unspecified atom stereocenters. The number of hydrogen-bond acceptors (Lipinski definition) is 8. The first kappa shape index (κ1) is 27.0. The van der Waals surface area contributed by atoms with Crippen LogP contribution in [-0.2, 0) is 4.79 Å². The second kappa shape index (κ2) is 10.9. The summed E-state index contributed by atoms with van der Waals surface area (Å²) in [4.78, 5) is 43.2. The third kappa shape index (κ3) is 5.06. The first-order valence-electron chi connectivity index (χ1n) is 11.9.